The van der Waals surface area contributed by atoms with E-state index in [9.17, 15) is 0 Å². The second kappa shape index (κ2) is 5.01. The average Bonchev–Trinajstić information content (AvgIpc) is 1.99. The SMILES string of the molecule is CC1(CN)C[C@]2(C)CNC[C@](C)(C1)C2.Cl.Cl. The maximum atomic E-state index is 5.94. The zero-order valence-corrected chi connectivity index (χ0v) is 12.3. The Morgan fingerprint density at radius 3 is 1.75 bits per heavy atom. The maximum Gasteiger partial charge on any atom is 0.000581 e. The summed E-state index contributed by atoms with van der Waals surface area (Å²) in [7, 11) is 0. The minimum atomic E-state index is 0. The van der Waals surface area contributed by atoms with Gasteiger partial charge in [-0.15, -0.1) is 24.8 Å². The second-order valence-electron chi connectivity index (χ2n) is 6.77. The van der Waals surface area contributed by atoms with Crippen molar-refractivity contribution in [1.29, 1.82) is 0 Å². The lowest BCUT2D eigenvalue weighted by molar-refractivity contribution is -0.0332. The summed E-state index contributed by atoms with van der Waals surface area (Å²) in [6.45, 7) is 10.4. The predicted octanol–water partition coefficient (Wildman–Crippen LogP) is 2.59. The van der Waals surface area contributed by atoms with Gasteiger partial charge in [-0.3, -0.25) is 0 Å². The Morgan fingerprint density at radius 1 is 0.938 bits per heavy atom. The molecule has 0 amide bonds. The summed E-state index contributed by atoms with van der Waals surface area (Å²) in [5.41, 5.74) is 7.29. The highest BCUT2D eigenvalue weighted by molar-refractivity contribution is 5.85. The number of halogens is 2. The summed E-state index contributed by atoms with van der Waals surface area (Å²) in [5, 5.41) is 3.59. The van der Waals surface area contributed by atoms with Gasteiger partial charge in [0.05, 0.1) is 0 Å². The van der Waals surface area contributed by atoms with Crippen molar-refractivity contribution >= 4 is 24.8 Å². The summed E-state index contributed by atoms with van der Waals surface area (Å²) in [6.07, 6.45) is 3.96. The highest BCUT2D eigenvalue weighted by Crippen LogP contribution is 2.55. The summed E-state index contributed by atoms with van der Waals surface area (Å²) < 4.78 is 0. The molecule has 1 saturated heterocycles. The van der Waals surface area contributed by atoms with Gasteiger partial charge in [0.2, 0.25) is 0 Å². The van der Waals surface area contributed by atoms with Crippen LogP contribution in [0.15, 0.2) is 0 Å². The van der Waals surface area contributed by atoms with Crippen LogP contribution in [0.3, 0.4) is 0 Å². The molecule has 1 unspecified atom stereocenters. The van der Waals surface area contributed by atoms with E-state index < -0.39 is 0 Å². The standard InChI is InChI=1S/C12H24N2.2ClH/c1-10(7-13)4-11(2)6-12(3,5-10)9-14-8-11;;/h14H,4-9,13H2,1-3H3;2*1H/t10?,11-,12+;;. The molecule has 2 fully saturated rings. The average molecular weight is 269 g/mol. The molecule has 1 heterocycles. The minimum absolute atomic E-state index is 0. The van der Waals surface area contributed by atoms with Crippen LogP contribution in [0, 0.1) is 16.2 Å². The molecule has 98 valence electrons. The van der Waals surface area contributed by atoms with Crippen LogP contribution in [0.1, 0.15) is 40.0 Å². The van der Waals surface area contributed by atoms with Crippen molar-refractivity contribution in [3.63, 3.8) is 0 Å². The molecule has 3 atom stereocenters. The van der Waals surface area contributed by atoms with Gasteiger partial charge in [-0.05, 0) is 42.1 Å². The topological polar surface area (TPSA) is 38.0 Å². The molecule has 16 heavy (non-hydrogen) atoms. The van der Waals surface area contributed by atoms with Crippen molar-refractivity contribution in [2.45, 2.75) is 40.0 Å². The first-order valence-electron chi connectivity index (χ1n) is 5.80. The van der Waals surface area contributed by atoms with E-state index in [1.807, 2.05) is 0 Å². The minimum Gasteiger partial charge on any atom is -0.330 e. The summed E-state index contributed by atoms with van der Waals surface area (Å²) >= 11 is 0. The molecular weight excluding hydrogens is 243 g/mol. The van der Waals surface area contributed by atoms with Crippen molar-refractivity contribution in [2.75, 3.05) is 19.6 Å². The van der Waals surface area contributed by atoms with Crippen molar-refractivity contribution in [2.24, 2.45) is 22.0 Å². The van der Waals surface area contributed by atoms with Crippen molar-refractivity contribution < 1.29 is 0 Å². The molecule has 2 bridgehead atoms. The van der Waals surface area contributed by atoms with Gasteiger partial charge >= 0.3 is 0 Å². The van der Waals surface area contributed by atoms with Crippen molar-refractivity contribution in [3.05, 3.63) is 0 Å². The normalized spacial score (nSPS) is 46.5. The Hall–Kier alpha value is 0.500. The fourth-order valence-electron chi connectivity index (χ4n) is 4.34. The monoisotopic (exact) mass is 268 g/mol. The number of fused-ring (bicyclic) bond motifs is 2. The quantitative estimate of drug-likeness (QED) is 0.768. The molecule has 0 aromatic carbocycles. The molecule has 2 rings (SSSR count). The van der Waals surface area contributed by atoms with Crippen LogP contribution < -0.4 is 11.1 Å². The van der Waals surface area contributed by atoms with Gasteiger partial charge in [-0.1, -0.05) is 20.8 Å². The van der Waals surface area contributed by atoms with Crippen LogP contribution in [0.25, 0.3) is 0 Å². The van der Waals surface area contributed by atoms with Gasteiger partial charge in [0.1, 0.15) is 0 Å². The van der Waals surface area contributed by atoms with E-state index >= 15 is 0 Å². The highest BCUT2D eigenvalue weighted by atomic mass is 35.5. The molecule has 3 N–H and O–H groups in total. The Balaban J connectivity index is 0.00000112. The van der Waals surface area contributed by atoms with E-state index in [2.05, 4.69) is 26.1 Å². The number of hydrogen-bond acceptors (Lipinski definition) is 2. The lowest BCUT2D eigenvalue weighted by Gasteiger charge is -2.56. The molecule has 0 radical (unpaired) electrons. The molecule has 2 nitrogen and oxygen atoms in total. The van der Waals surface area contributed by atoms with E-state index in [1.165, 1.54) is 32.4 Å². The molecular formula is C12H26Cl2N2. The van der Waals surface area contributed by atoms with Crippen LogP contribution >= 0.6 is 24.8 Å². The zero-order chi connectivity index (χ0) is 10.4. The van der Waals surface area contributed by atoms with Crippen molar-refractivity contribution in [3.8, 4) is 0 Å². The third kappa shape index (κ3) is 3.04. The molecule has 4 heteroatoms. The Kier molecular flexibility index (Phi) is 5.17. The van der Waals surface area contributed by atoms with E-state index in [1.54, 1.807) is 0 Å². The van der Waals surface area contributed by atoms with E-state index in [4.69, 9.17) is 5.73 Å². The number of nitrogens with two attached hydrogens (primary N) is 1. The number of piperidine rings is 1. The first-order chi connectivity index (χ1) is 6.39. The lowest BCUT2D eigenvalue weighted by atomic mass is 9.53. The van der Waals surface area contributed by atoms with Gasteiger partial charge in [0, 0.05) is 13.1 Å². The fourth-order valence-corrected chi connectivity index (χ4v) is 4.34. The lowest BCUT2D eigenvalue weighted by Crippen LogP contribution is -2.56. The van der Waals surface area contributed by atoms with Gasteiger partial charge in [0.25, 0.3) is 0 Å². The first-order valence-corrected chi connectivity index (χ1v) is 5.80. The Morgan fingerprint density at radius 2 is 1.38 bits per heavy atom. The summed E-state index contributed by atoms with van der Waals surface area (Å²) in [5.74, 6) is 0. The van der Waals surface area contributed by atoms with Crippen molar-refractivity contribution in [1.82, 2.24) is 5.32 Å². The molecule has 0 aromatic rings. The van der Waals surface area contributed by atoms with Crippen LogP contribution in [0.2, 0.25) is 0 Å². The van der Waals surface area contributed by atoms with Crippen LogP contribution in [-0.2, 0) is 0 Å². The second-order valence-corrected chi connectivity index (χ2v) is 6.77. The third-order valence-electron chi connectivity index (χ3n) is 4.16. The molecule has 1 aliphatic heterocycles. The first kappa shape index (κ1) is 16.5. The van der Waals surface area contributed by atoms with Gasteiger partial charge < -0.3 is 11.1 Å². The van der Waals surface area contributed by atoms with E-state index in [0.29, 0.717) is 16.2 Å². The van der Waals surface area contributed by atoms with Gasteiger partial charge in [-0.2, -0.15) is 0 Å². The van der Waals surface area contributed by atoms with Crippen LogP contribution in [-0.4, -0.2) is 19.6 Å². The third-order valence-corrected chi connectivity index (χ3v) is 4.16. The van der Waals surface area contributed by atoms with Gasteiger partial charge in [0.15, 0.2) is 0 Å². The summed E-state index contributed by atoms with van der Waals surface area (Å²) in [6, 6.07) is 0. The molecule has 0 spiro atoms. The number of hydrogen-bond donors (Lipinski definition) is 2. The Bertz CT molecular complexity index is 225. The van der Waals surface area contributed by atoms with Crippen LogP contribution in [0.5, 0.6) is 0 Å². The predicted molar refractivity (Wildman–Crippen MR) is 74.6 cm³/mol. The Labute approximate surface area is 112 Å². The number of nitrogens with one attached hydrogen (secondary N) is 1. The fraction of sp³-hybridized carbons (Fsp3) is 1.00. The molecule has 1 aliphatic carbocycles. The molecule has 0 aromatic heterocycles. The van der Waals surface area contributed by atoms with E-state index in [-0.39, 0.29) is 24.8 Å². The van der Waals surface area contributed by atoms with Gasteiger partial charge in [-0.25, -0.2) is 0 Å². The summed E-state index contributed by atoms with van der Waals surface area (Å²) in [4.78, 5) is 0. The zero-order valence-electron chi connectivity index (χ0n) is 10.6. The maximum absolute atomic E-state index is 5.94. The van der Waals surface area contributed by atoms with E-state index in [0.717, 1.165) is 6.54 Å². The number of rotatable bonds is 1. The molecule has 2 aliphatic rings. The highest BCUT2D eigenvalue weighted by Gasteiger charge is 2.50. The molecule has 1 saturated carbocycles. The van der Waals surface area contributed by atoms with Crippen LogP contribution in [0.4, 0.5) is 0 Å². The smallest absolute Gasteiger partial charge is 0.000581 e. The largest absolute Gasteiger partial charge is 0.330 e.